The minimum Gasteiger partial charge on any atom is -0.402 e. The van der Waals surface area contributed by atoms with Crippen molar-refractivity contribution in [2.45, 2.75) is 0 Å². The zero-order valence-corrected chi connectivity index (χ0v) is 8.82. The molecule has 2 heterocycles. The summed E-state index contributed by atoms with van der Waals surface area (Å²) in [6.45, 7) is 0. The minimum absolute atomic E-state index is 0.0414. The summed E-state index contributed by atoms with van der Waals surface area (Å²) in [5, 5.41) is 9.02. The highest BCUT2D eigenvalue weighted by atomic mass is 35.5. The summed E-state index contributed by atoms with van der Waals surface area (Å²) in [6, 6.07) is 7.56. The van der Waals surface area contributed by atoms with Crippen LogP contribution in [0.3, 0.4) is 0 Å². The fourth-order valence-electron chi connectivity index (χ4n) is 1.58. The number of hydrogen-bond acceptors (Lipinski definition) is 4. The molecule has 0 aliphatic rings. The molecule has 3 rings (SSSR count). The zero-order chi connectivity index (χ0) is 11.1. The van der Waals surface area contributed by atoms with Gasteiger partial charge in [-0.1, -0.05) is 28.8 Å². The Bertz CT molecular complexity index is 658. The first-order valence-corrected chi connectivity index (χ1v) is 4.98. The fourth-order valence-corrected chi connectivity index (χ4v) is 1.81. The van der Waals surface area contributed by atoms with Crippen LogP contribution in [-0.4, -0.2) is 15.2 Å². The number of para-hydroxylation sites is 1. The molecule has 16 heavy (non-hydrogen) atoms. The standard InChI is InChI=1S/C10H7ClN4O/c11-6-3-1-2-5-4-7(13-8(5)6)9-14-15-10(12)16-9/h1-4,13H,(H2,12,15). The first-order valence-electron chi connectivity index (χ1n) is 4.60. The first-order chi connectivity index (χ1) is 7.74. The van der Waals surface area contributed by atoms with Crippen molar-refractivity contribution in [3.63, 3.8) is 0 Å². The van der Waals surface area contributed by atoms with Crippen LogP contribution in [0.1, 0.15) is 0 Å². The van der Waals surface area contributed by atoms with Gasteiger partial charge in [0, 0.05) is 5.39 Å². The normalized spacial score (nSPS) is 11.1. The van der Waals surface area contributed by atoms with Gasteiger partial charge >= 0.3 is 6.01 Å². The van der Waals surface area contributed by atoms with Crippen LogP contribution in [0.15, 0.2) is 28.7 Å². The SMILES string of the molecule is Nc1nnc(-c2cc3cccc(Cl)c3[nH]2)o1. The third kappa shape index (κ3) is 1.33. The smallest absolute Gasteiger partial charge is 0.313 e. The van der Waals surface area contributed by atoms with Gasteiger partial charge in [0.25, 0.3) is 5.89 Å². The van der Waals surface area contributed by atoms with E-state index in [1.165, 1.54) is 0 Å². The van der Waals surface area contributed by atoms with E-state index in [-0.39, 0.29) is 6.01 Å². The van der Waals surface area contributed by atoms with Gasteiger partial charge in [0.1, 0.15) is 5.69 Å². The molecule has 3 N–H and O–H groups in total. The van der Waals surface area contributed by atoms with Crippen molar-refractivity contribution in [3.8, 4) is 11.6 Å². The largest absolute Gasteiger partial charge is 0.402 e. The number of nitrogens with two attached hydrogens (primary N) is 1. The summed E-state index contributed by atoms with van der Waals surface area (Å²) in [5.74, 6) is 0.352. The van der Waals surface area contributed by atoms with E-state index < -0.39 is 0 Å². The van der Waals surface area contributed by atoms with Gasteiger partial charge in [-0.25, -0.2) is 0 Å². The lowest BCUT2D eigenvalue weighted by atomic mass is 10.2. The molecule has 5 nitrogen and oxygen atoms in total. The van der Waals surface area contributed by atoms with Crippen LogP contribution < -0.4 is 5.73 Å². The summed E-state index contributed by atoms with van der Waals surface area (Å²) >= 11 is 6.04. The Kier molecular flexibility index (Phi) is 1.87. The predicted octanol–water partition coefficient (Wildman–Crippen LogP) is 2.45. The monoisotopic (exact) mass is 234 g/mol. The van der Waals surface area contributed by atoms with E-state index in [1.54, 1.807) is 0 Å². The second kappa shape index (κ2) is 3.24. The highest BCUT2D eigenvalue weighted by Gasteiger charge is 2.10. The molecule has 0 fully saturated rings. The molecule has 6 heteroatoms. The molecular formula is C10H7ClN4O. The van der Waals surface area contributed by atoms with Gasteiger partial charge in [0.05, 0.1) is 10.5 Å². The fraction of sp³-hybridized carbons (Fsp3) is 0. The number of H-pyrrole nitrogens is 1. The first kappa shape index (κ1) is 9.23. The Labute approximate surface area is 95.2 Å². The molecule has 0 aliphatic heterocycles. The maximum atomic E-state index is 6.04. The van der Waals surface area contributed by atoms with E-state index in [1.807, 2.05) is 24.3 Å². The maximum absolute atomic E-state index is 6.04. The average Bonchev–Trinajstić information content (AvgIpc) is 2.84. The van der Waals surface area contributed by atoms with Crippen molar-refractivity contribution in [1.82, 2.24) is 15.2 Å². The van der Waals surface area contributed by atoms with Crippen LogP contribution >= 0.6 is 11.6 Å². The minimum atomic E-state index is 0.0414. The quantitative estimate of drug-likeness (QED) is 0.678. The number of hydrogen-bond donors (Lipinski definition) is 2. The molecule has 3 aromatic rings. The summed E-state index contributed by atoms with van der Waals surface area (Å²) in [4.78, 5) is 3.11. The van der Waals surface area contributed by atoms with Gasteiger partial charge in [0.2, 0.25) is 0 Å². The van der Waals surface area contributed by atoms with Gasteiger partial charge in [-0.3, -0.25) is 0 Å². The molecular weight excluding hydrogens is 228 g/mol. The highest BCUT2D eigenvalue weighted by Crippen LogP contribution is 2.27. The molecule has 0 saturated heterocycles. The molecule has 0 bridgehead atoms. The van der Waals surface area contributed by atoms with E-state index >= 15 is 0 Å². The third-order valence-electron chi connectivity index (χ3n) is 2.28. The molecule has 0 atom stereocenters. The number of fused-ring (bicyclic) bond motifs is 1. The average molecular weight is 235 g/mol. The van der Waals surface area contributed by atoms with Crippen LogP contribution in [0.4, 0.5) is 6.01 Å². The van der Waals surface area contributed by atoms with Crippen molar-refractivity contribution in [2.75, 3.05) is 5.73 Å². The molecule has 0 radical (unpaired) electrons. The Morgan fingerprint density at radius 2 is 2.19 bits per heavy atom. The van der Waals surface area contributed by atoms with Crippen LogP contribution in [0.25, 0.3) is 22.5 Å². The van der Waals surface area contributed by atoms with Gasteiger partial charge in [0.15, 0.2) is 0 Å². The number of nitrogens with one attached hydrogen (secondary N) is 1. The van der Waals surface area contributed by atoms with Gasteiger partial charge in [-0.15, -0.1) is 5.10 Å². The molecule has 80 valence electrons. The predicted molar refractivity (Wildman–Crippen MR) is 61.0 cm³/mol. The second-order valence-electron chi connectivity index (χ2n) is 3.33. The molecule has 0 spiro atoms. The van der Waals surface area contributed by atoms with Crippen LogP contribution in [0.5, 0.6) is 0 Å². The second-order valence-corrected chi connectivity index (χ2v) is 3.74. The Balaban J connectivity index is 2.22. The van der Waals surface area contributed by atoms with Crippen molar-refractivity contribution >= 4 is 28.5 Å². The number of halogens is 1. The lowest BCUT2D eigenvalue weighted by Crippen LogP contribution is -1.81. The summed E-state index contributed by atoms with van der Waals surface area (Å²) in [7, 11) is 0. The number of anilines is 1. The van der Waals surface area contributed by atoms with E-state index in [9.17, 15) is 0 Å². The Hall–Kier alpha value is -2.01. The molecule has 0 unspecified atom stereocenters. The number of nitrogens with zero attached hydrogens (tertiary/aromatic N) is 2. The van der Waals surface area contributed by atoms with E-state index in [0.717, 1.165) is 10.9 Å². The number of aromatic nitrogens is 3. The maximum Gasteiger partial charge on any atom is 0.313 e. The molecule has 0 aliphatic carbocycles. The van der Waals surface area contributed by atoms with Crippen molar-refractivity contribution in [1.29, 1.82) is 0 Å². The summed E-state index contributed by atoms with van der Waals surface area (Å²) in [6.07, 6.45) is 0. The topological polar surface area (TPSA) is 80.7 Å². The summed E-state index contributed by atoms with van der Waals surface area (Å²) in [5.41, 5.74) is 6.90. The van der Waals surface area contributed by atoms with E-state index in [4.69, 9.17) is 21.8 Å². The number of benzene rings is 1. The number of rotatable bonds is 1. The van der Waals surface area contributed by atoms with Crippen molar-refractivity contribution in [2.24, 2.45) is 0 Å². The van der Waals surface area contributed by atoms with E-state index in [2.05, 4.69) is 15.2 Å². The van der Waals surface area contributed by atoms with Crippen LogP contribution in [-0.2, 0) is 0 Å². The van der Waals surface area contributed by atoms with E-state index in [0.29, 0.717) is 16.6 Å². The molecule has 2 aromatic heterocycles. The van der Waals surface area contributed by atoms with Crippen LogP contribution in [0.2, 0.25) is 5.02 Å². The van der Waals surface area contributed by atoms with Gasteiger partial charge in [-0.05, 0) is 12.1 Å². The number of aromatic amines is 1. The molecule has 0 saturated carbocycles. The van der Waals surface area contributed by atoms with Gasteiger partial charge in [-0.2, -0.15) is 0 Å². The van der Waals surface area contributed by atoms with Crippen molar-refractivity contribution in [3.05, 3.63) is 29.3 Å². The third-order valence-corrected chi connectivity index (χ3v) is 2.59. The lowest BCUT2D eigenvalue weighted by molar-refractivity contribution is 0.588. The number of nitrogen functional groups attached to an aromatic ring is 1. The van der Waals surface area contributed by atoms with Gasteiger partial charge < -0.3 is 15.1 Å². The lowest BCUT2D eigenvalue weighted by Gasteiger charge is -1.90. The summed E-state index contributed by atoms with van der Waals surface area (Å²) < 4.78 is 5.12. The Morgan fingerprint density at radius 3 is 2.88 bits per heavy atom. The Morgan fingerprint density at radius 1 is 1.31 bits per heavy atom. The van der Waals surface area contributed by atoms with Crippen molar-refractivity contribution < 1.29 is 4.42 Å². The highest BCUT2D eigenvalue weighted by molar-refractivity contribution is 6.35. The molecule has 0 amide bonds. The molecule has 1 aromatic carbocycles. The zero-order valence-electron chi connectivity index (χ0n) is 8.07. The van der Waals surface area contributed by atoms with Crippen LogP contribution in [0, 0.1) is 0 Å².